The van der Waals surface area contributed by atoms with Crippen LogP contribution in [0.1, 0.15) is 93.6 Å². The number of unbranched alkanes of at least 4 members (excludes halogenated alkanes) is 4. The fourth-order valence-corrected chi connectivity index (χ4v) is 6.11. The zero-order valence-electron chi connectivity index (χ0n) is 27.4. The van der Waals surface area contributed by atoms with Crippen LogP contribution >= 0.6 is 0 Å². The Morgan fingerprint density at radius 3 is 2.39 bits per heavy atom. The van der Waals surface area contributed by atoms with Gasteiger partial charge in [-0.1, -0.05) is 38.2 Å². The van der Waals surface area contributed by atoms with Gasteiger partial charge in [-0.15, -0.1) is 0 Å². The van der Waals surface area contributed by atoms with Crippen LogP contribution in [0.4, 0.5) is 4.79 Å². The molecule has 0 spiro atoms. The molecule has 1 aromatic heterocycles. The minimum Gasteiger partial charge on any atom is -0.496 e. The maximum absolute atomic E-state index is 12.9. The fraction of sp³-hybridized carbons (Fsp3) is 0.556. The summed E-state index contributed by atoms with van der Waals surface area (Å²) < 4.78 is 23.7. The first kappa shape index (κ1) is 33.4. The number of hydrogen-bond donors (Lipinski definition) is 0. The Kier molecular flexibility index (Phi) is 11.7. The van der Waals surface area contributed by atoms with E-state index in [4.69, 9.17) is 18.9 Å². The standard InChI is InChI=1S/C36H50N2O6/c1-26-23-32(41-5)31(30-18-21-38(33(26)30)35(40)44-36(2,3)4)25-37-19-16-27(17-20-37)13-10-8-7-9-11-22-43-29-15-12-14-28(24-29)34(39)42-6/h12,14-15,18,21,23-24,27H,7-11,13,16-17,19-20,22,25H2,1-6H3. The second-order valence-electron chi connectivity index (χ2n) is 12.9. The van der Waals surface area contributed by atoms with Crippen molar-refractivity contribution < 1.29 is 28.5 Å². The summed E-state index contributed by atoms with van der Waals surface area (Å²) in [4.78, 5) is 27.1. The largest absolute Gasteiger partial charge is 0.496 e. The number of aryl methyl sites for hydroxylation is 1. The lowest BCUT2D eigenvalue weighted by Crippen LogP contribution is -2.33. The van der Waals surface area contributed by atoms with E-state index in [9.17, 15) is 9.59 Å². The van der Waals surface area contributed by atoms with Gasteiger partial charge in [0.25, 0.3) is 0 Å². The summed E-state index contributed by atoms with van der Waals surface area (Å²) in [6.07, 6.45) is 11.1. The zero-order chi connectivity index (χ0) is 31.7. The molecule has 8 heteroatoms. The predicted molar refractivity (Wildman–Crippen MR) is 174 cm³/mol. The van der Waals surface area contributed by atoms with Crippen molar-refractivity contribution in [3.8, 4) is 11.5 Å². The second kappa shape index (κ2) is 15.5. The van der Waals surface area contributed by atoms with Crippen LogP contribution in [0.5, 0.6) is 11.5 Å². The van der Waals surface area contributed by atoms with Crippen molar-refractivity contribution in [3.05, 3.63) is 59.3 Å². The van der Waals surface area contributed by atoms with E-state index in [1.165, 1.54) is 45.6 Å². The number of hydrogen-bond acceptors (Lipinski definition) is 7. The highest BCUT2D eigenvalue weighted by Crippen LogP contribution is 2.34. The van der Waals surface area contributed by atoms with Crippen LogP contribution in [0.15, 0.2) is 42.6 Å². The molecular formula is C36H50N2O6. The van der Waals surface area contributed by atoms with E-state index in [2.05, 4.69) is 4.90 Å². The monoisotopic (exact) mass is 606 g/mol. The average molecular weight is 607 g/mol. The first-order valence-corrected chi connectivity index (χ1v) is 16.0. The van der Waals surface area contributed by atoms with Crippen LogP contribution in [-0.4, -0.2) is 61.0 Å². The summed E-state index contributed by atoms with van der Waals surface area (Å²) in [7, 11) is 3.11. The number of carbonyl (C=O) groups excluding carboxylic acids is 2. The van der Waals surface area contributed by atoms with Crippen LogP contribution in [-0.2, 0) is 16.0 Å². The molecule has 2 heterocycles. The molecule has 2 aromatic carbocycles. The third kappa shape index (κ3) is 9.00. The number of piperidine rings is 1. The summed E-state index contributed by atoms with van der Waals surface area (Å²) >= 11 is 0. The number of likely N-dealkylation sites (tertiary alicyclic amines) is 1. The predicted octanol–water partition coefficient (Wildman–Crippen LogP) is 8.16. The van der Waals surface area contributed by atoms with Crippen molar-refractivity contribution in [1.82, 2.24) is 9.47 Å². The molecule has 1 saturated heterocycles. The first-order valence-electron chi connectivity index (χ1n) is 16.0. The minimum atomic E-state index is -0.557. The quantitative estimate of drug-likeness (QED) is 0.143. The number of esters is 1. The van der Waals surface area contributed by atoms with E-state index < -0.39 is 5.60 Å². The van der Waals surface area contributed by atoms with Gasteiger partial charge in [-0.25, -0.2) is 9.59 Å². The number of fused-ring (bicyclic) bond motifs is 1. The van der Waals surface area contributed by atoms with Crippen molar-refractivity contribution in [1.29, 1.82) is 0 Å². The summed E-state index contributed by atoms with van der Waals surface area (Å²) in [5.41, 5.74) is 2.97. The number of carbonyl (C=O) groups is 2. The van der Waals surface area contributed by atoms with Crippen molar-refractivity contribution in [2.24, 2.45) is 5.92 Å². The summed E-state index contributed by atoms with van der Waals surface area (Å²) in [5.74, 6) is 2.02. The van der Waals surface area contributed by atoms with Gasteiger partial charge in [0.15, 0.2) is 0 Å². The molecule has 0 radical (unpaired) electrons. The normalized spacial score (nSPS) is 14.5. The maximum Gasteiger partial charge on any atom is 0.419 e. The van der Waals surface area contributed by atoms with Crippen LogP contribution < -0.4 is 9.47 Å². The van der Waals surface area contributed by atoms with Gasteiger partial charge in [-0.2, -0.15) is 0 Å². The van der Waals surface area contributed by atoms with E-state index in [0.717, 1.165) is 66.2 Å². The minimum absolute atomic E-state index is 0.346. The Bertz CT molecular complexity index is 1400. The molecule has 0 N–H and O–H groups in total. The Hall–Kier alpha value is -3.52. The van der Waals surface area contributed by atoms with E-state index in [1.807, 2.05) is 58.2 Å². The first-order chi connectivity index (χ1) is 21.1. The van der Waals surface area contributed by atoms with Crippen molar-refractivity contribution in [3.63, 3.8) is 0 Å². The number of nitrogens with zero attached hydrogens (tertiary/aromatic N) is 2. The lowest BCUT2D eigenvalue weighted by atomic mass is 9.90. The molecule has 1 fully saturated rings. The van der Waals surface area contributed by atoms with Gasteiger partial charge in [0, 0.05) is 23.7 Å². The second-order valence-corrected chi connectivity index (χ2v) is 12.9. The highest BCUT2D eigenvalue weighted by atomic mass is 16.6. The molecular weight excluding hydrogens is 556 g/mol. The number of benzene rings is 2. The van der Waals surface area contributed by atoms with Gasteiger partial charge in [0.2, 0.25) is 0 Å². The van der Waals surface area contributed by atoms with E-state index >= 15 is 0 Å². The Morgan fingerprint density at radius 2 is 1.68 bits per heavy atom. The zero-order valence-corrected chi connectivity index (χ0v) is 27.4. The van der Waals surface area contributed by atoms with Gasteiger partial charge in [0.1, 0.15) is 17.1 Å². The third-order valence-electron chi connectivity index (χ3n) is 8.41. The Morgan fingerprint density at radius 1 is 0.955 bits per heavy atom. The average Bonchev–Trinajstić information content (AvgIpc) is 3.46. The highest BCUT2D eigenvalue weighted by Gasteiger charge is 2.25. The van der Waals surface area contributed by atoms with Crippen LogP contribution in [0.2, 0.25) is 0 Å². The van der Waals surface area contributed by atoms with Crippen molar-refractivity contribution in [2.45, 2.75) is 91.2 Å². The molecule has 1 aliphatic heterocycles. The van der Waals surface area contributed by atoms with Crippen molar-refractivity contribution >= 4 is 23.0 Å². The van der Waals surface area contributed by atoms with Gasteiger partial charge < -0.3 is 18.9 Å². The van der Waals surface area contributed by atoms with Crippen LogP contribution in [0.25, 0.3) is 10.9 Å². The number of aromatic nitrogens is 1. The van der Waals surface area contributed by atoms with E-state index in [-0.39, 0.29) is 12.1 Å². The maximum atomic E-state index is 12.9. The smallest absolute Gasteiger partial charge is 0.419 e. The molecule has 0 atom stereocenters. The van der Waals surface area contributed by atoms with Gasteiger partial charge in [-0.3, -0.25) is 9.47 Å². The molecule has 0 bridgehead atoms. The molecule has 1 aliphatic rings. The molecule has 240 valence electrons. The molecule has 0 unspecified atom stereocenters. The van der Waals surface area contributed by atoms with Gasteiger partial charge >= 0.3 is 12.1 Å². The molecule has 44 heavy (non-hydrogen) atoms. The molecule has 3 aromatic rings. The summed E-state index contributed by atoms with van der Waals surface area (Å²) in [5, 5.41) is 1.05. The Labute approximate surface area is 262 Å². The Balaban J connectivity index is 1.18. The van der Waals surface area contributed by atoms with Crippen molar-refractivity contribution in [2.75, 3.05) is 33.9 Å². The topological polar surface area (TPSA) is 79.2 Å². The van der Waals surface area contributed by atoms with E-state index in [0.29, 0.717) is 17.9 Å². The third-order valence-corrected chi connectivity index (χ3v) is 8.41. The van der Waals surface area contributed by atoms with Crippen LogP contribution in [0.3, 0.4) is 0 Å². The molecule has 0 aliphatic carbocycles. The van der Waals surface area contributed by atoms with E-state index in [1.54, 1.807) is 23.8 Å². The molecule has 0 saturated carbocycles. The van der Waals surface area contributed by atoms with Crippen LogP contribution in [0, 0.1) is 12.8 Å². The lowest BCUT2D eigenvalue weighted by Gasteiger charge is -2.32. The van der Waals surface area contributed by atoms with Gasteiger partial charge in [0.05, 0.1) is 31.9 Å². The highest BCUT2D eigenvalue weighted by molar-refractivity contribution is 5.95. The summed E-state index contributed by atoms with van der Waals surface area (Å²) in [6, 6.07) is 11.2. The molecule has 8 nitrogen and oxygen atoms in total. The molecule has 0 amide bonds. The fourth-order valence-electron chi connectivity index (χ4n) is 6.11. The van der Waals surface area contributed by atoms with Gasteiger partial charge in [-0.05, 0) is 102 Å². The number of ether oxygens (including phenoxy) is 4. The lowest BCUT2D eigenvalue weighted by molar-refractivity contribution is 0.0542. The molecule has 4 rings (SSSR count). The summed E-state index contributed by atoms with van der Waals surface area (Å²) in [6.45, 7) is 11.3. The number of methoxy groups -OCH3 is 2. The SMILES string of the molecule is COC(=O)c1cccc(OCCCCCCCC2CCN(Cc3c(OC)cc(C)c4c3ccn4C(=O)OC(C)(C)C)CC2)c1. The number of rotatable bonds is 13.